The van der Waals surface area contributed by atoms with Gasteiger partial charge < -0.3 is 10.4 Å². The molecule has 1 aromatic heterocycles. The fourth-order valence-corrected chi connectivity index (χ4v) is 2.19. The predicted molar refractivity (Wildman–Crippen MR) is 81.0 cm³/mol. The standard InChI is InChI=1S/C15H18ClN3O2/c1-9-7-13(19-18-9)8-14(20)17-10(2)15(21)11-3-5-12(16)6-4-11/h3-7,10,15,21H,8H2,1-2H3,(H,17,20)(H,18,19). The molecule has 1 heterocycles. The summed E-state index contributed by atoms with van der Waals surface area (Å²) in [5.41, 5.74) is 2.30. The molecule has 21 heavy (non-hydrogen) atoms. The van der Waals surface area contributed by atoms with Crippen LogP contribution < -0.4 is 5.32 Å². The Labute approximate surface area is 128 Å². The quantitative estimate of drug-likeness (QED) is 0.792. The number of aromatic nitrogens is 2. The largest absolute Gasteiger partial charge is 0.386 e. The summed E-state index contributed by atoms with van der Waals surface area (Å²) in [7, 11) is 0. The van der Waals surface area contributed by atoms with Gasteiger partial charge in [0, 0.05) is 10.7 Å². The first-order valence-electron chi connectivity index (χ1n) is 6.69. The highest BCUT2D eigenvalue weighted by Gasteiger charge is 2.18. The summed E-state index contributed by atoms with van der Waals surface area (Å²) in [5, 5.41) is 20.4. The molecule has 112 valence electrons. The molecule has 2 rings (SSSR count). The van der Waals surface area contributed by atoms with Gasteiger partial charge in [0.1, 0.15) is 0 Å². The zero-order valence-electron chi connectivity index (χ0n) is 11.9. The molecule has 1 amide bonds. The van der Waals surface area contributed by atoms with Gasteiger partial charge in [0.15, 0.2) is 0 Å². The maximum Gasteiger partial charge on any atom is 0.226 e. The lowest BCUT2D eigenvalue weighted by Gasteiger charge is -2.20. The molecule has 6 heteroatoms. The van der Waals surface area contributed by atoms with Crippen LogP contribution in [0.2, 0.25) is 5.02 Å². The van der Waals surface area contributed by atoms with E-state index in [1.807, 2.05) is 13.0 Å². The van der Waals surface area contributed by atoms with E-state index in [9.17, 15) is 9.90 Å². The molecule has 0 aliphatic rings. The predicted octanol–water partition coefficient (Wildman–Crippen LogP) is 2.15. The number of hydrogen-bond donors (Lipinski definition) is 3. The zero-order chi connectivity index (χ0) is 15.4. The summed E-state index contributed by atoms with van der Waals surface area (Å²) in [5.74, 6) is -0.179. The number of nitrogens with one attached hydrogen (secondary N) is 2. The monoisotopic (exact) mass is 307 g/mol. The lowest BCUT2D eigenvalue weighted by molar-refractivity contribution is -0.121. The minimum absolute atomic E-state index is 0.179. The number of nitrogens with zero attached hydrogens (tertiary/aromatic N) is 1. The molecule has 0 radical (unpaired) electrons. The molecular formula is C15H18ClN3O2. The van der Waals surface area contributed by atoms with E-state index >= 15 is 0 Å². The van der Waals surface area contributed by atoms with Crippen molar-refractivity contribution in [2.24, 2.45) is 0 Å². The fraction of sp³-hybridized carbons (Fsp3) is 0.333. The smallest absolute Gasteiger partial charge is 0.226 e. The van der Waals surface area contributed by atoms with Crippen LogP contribution in [0, 0.1) is 6.92 Å². The van der Waals surface area contributed by atoms with Gasteiger partial charge in [0.05, 0.1) is 24.3 Å². The number of aliphatic hydroxyl groups is 1. The van der Waals surface area contributed by atoms with Crippen LogP contribution in [0.25, 0.3) is 0 Å². The second-order valence-corrected chi connectivity index (χ2v) is 5.51. The molecule has 0 spiro atoms. The molecule has 2 atom stereocenters. The molecule has 0 saturated heterocycles. The third kappa shape index (κ3) is 4.31. The minimum atomic E-state index is -0.785. The minimum Gasteiger partial charge on any atom is -0.386 e. The Morgan fingerprint density at radius 1 is 1.43 bits per heavy atom. The SMILES string of the molecule is Cc1cc(CC(=O)NC(C)C(O)c2ccc(Cl)cc2)n[nH]1. The molecule has 2 aromatic rings. The highest BCUT2D eigenvalue weighted by Crippen LogP contribution is 2.19. The first-order chi connectivity index (χ1) is 9.95. The van der Waals surface area contributed by atoms with E-state index in [1.54, 1.807) is 31.2 Å². The van der Waals surface area contributed by atoms with Gasteiger partial charge in [-0.15, -0.1) is 0 Å². The van der Waals surface area contributed by atoms with Gasteiger partial charge >= 0.3 is 0 Å². The van der Waals surface area contributed by atoms with Crippen molar-refractivity contribution in [3.05, 3.63) is 52.3 Å². The molecule has 5 nitrogen and oxygen atoms in total. The number of rotatable bonds is 5. The first kappa shape index (κ1) is 15.5. The molecule has 0 saturated carbocycles. The average molecular weight is 308 g/mol. The van der Waals surface area contributed by atoms with Crippen LogP contribution in [-0.2, 0) is 11.2 Å². The summed E-state index contributed by atoms with van der Waals surface area (Å²) < 4.78 is 0. The Kier molecular flexibility index (Phi) is 4.98. The van der Waals surface area contributed by atoms with Gasteiger partial charge in [-0.1, -0.05) is 23.7 Å². The van der Waals surface area contributed by atoms with E-state index in [0.717, 1.165) is 5.69 Å². The van der Waals surface area contributed by atoms with Crippen LogP contribution in [0.15, 0.2) is 30.3 Å². The van der Waals surface area contributed by atoms with E-state index < -0.39 is 12.1 Å². The second kappa shape index (κ2) is 6.74. The maximum absolute atomic E-state index is 11.9. The van der Waals surface area contributed by atoms with Gasteiger partial charge in [0.25, 0.3) is 0 Å². The Balaban J connectivity index is 1.92. The van der Waals surface area contributed by atoms with E-state index in [0.29, 0.717) is 16.3 Å². The third-order valence-electron chi connectivity index (χ3n) is 3.17. The topological polar surface area (TPSA) is 78.0 Å². The lowest BCUT2D eigenvalue weighted by Crippen LogP contribution is -2.38. The lowest BCUT2D eigenvalue weighted by atomic mass is 10.0. The van der Waals surface area contributed by atoms with Gasteiger partial charge in [-0.2, -0.15) is 5.10 Å². The number of amides is 1. The van der Waals surface area contributed by atoms with Gasteiger partial charge in [-0.25, -0.2) is 0 Å². The van der Waals surface area contributed by atoms with Gasteiger partial charge in [-0.05, 0) is 37.6 Å². The third-order valence-corrected chi connectivity index (χ3v) is 3.43. The van der Waals surface area contributed by atoms with Crippen molar-refractivity contribution in [1.82, 2.24) is 15.5 Å². The van der Waals surface area contributed by atoms with Crippen LogP contribution >= 0.6 is 11.6 Å². The average Bonchev–Trinajstić information content (AvgIpc) is 2.83. The number of carbonyl (C=O) groups excluding carboxylic acids is 1. The molecule has 0 aliphatic carbocycles. The van der Waals surface area contributed by atoms with Crippen LogP contribution in [0.3, 0.4) is 0 Å². The molecular weight excluding hydrogens is 290 g/mol. The number of aliphatic hydroxyl groups excluding tert-OH is 1. The van der Waals surface area contributed by atoms with Crippen LogP contribution in [0.1, 0.15) is 30.0 Å². The molecule has 0 aliphatic heterocycles. The molecule has 1 aromatic carbocycles. The van der Waals surface area contributed by atoms with E-state index in [2.05, 4.69) is 15.5 Å². The number of hydrogen-bond acceptors (Lipinski definition) is 3. The summed E-state index contributed by atoms with van der Waals surface area (Å²) >= 11 is 5.81. The molecule has 3 N–H and O–H groups in total. The van der Waals surface area contributed by atoms with Gasteiger partial charge in [0.2, 0.25) is 5.91 Å². The van der Waals surface area contributed by atoms with Crippen molar-refractivity contribution < 1.29 is 9.90 Å². The maximum atomic E-state index is 11.9. The number of H-pyrrole nitrogens is 1. The molecule has 0 bridgehead atoms. The van der Waals surface area contributed by atoms with Crippen LogP contribution in [0.5, 0.6) is 0 Å². The van der Waals surface area contributed by atoms with Crippen molar-refractivity contribution >= 4 is 17.5 Å². The van der Waals surface area contributed by atoms with Crippen molar-refractivity contribution in [3.63, 3.8) is 0 Å². The summed E-state index contributed by atoms with van der Waals surface area (Å²) in [6, 6.07) is 8.32. The first-order valence-corrected chi connectivity index (χ1v) is 7.07. The Morgan fingerprint density at radius 3 is 2.67 bits per heavy atom. The van der Waals surface area contributed by atoms with E-state index in [1.165, 1.54) is 0 Å². The fourth-order valence-electron chi connectivity index (χ4n) is 2.06. The summed E-state index contributed by atoms with van der Waals surface area (Å²) in [4.78, 5) is 11.9. The molecule has 2 unspecified atom stereocenters. The van der Waals surface area contributed by atoms with Crippen molar-refractivity contribution in [2.75, 3.05) is 0 Å². The normalized spacial score (nSPS) is 13.7. The van der Waals surface area contributed by atoms with E-state index in [-0.39, 0.29) is 12.3 Å². The number of halogens is 1. The van der Waals surface area contributed by atoms with E-state index in [4.69, 9.17) is 11.6 Å². The van der Waals surface area contributed by atoms with Crippen molar-refractivity contribution in [2.45, 2.75) is 32.4 Å². The number of benzene rings is 1. The Hall–Kier alpha value is -1.85. The Morgan fingerprint density at radius 2 is 2.10 bits per heavy atom. The zero-order valence-corrected chi connectivity index (χ0v) is 12.7. The van der Waals surface area contributed by atoms with Gasteiger partial charge in [-0.3, -0.25) is 9.89 Å². The van der Waals surface area contributed by atoms with Crippen LogP contribution in [0.4, 0.5) is 0 Å². The number of aryl methyl sites for hydroxylation is 1. The highest BCUT2D eigenvalue weighted by molar-refractivity contribution is 6.30. The second-order valence-electron chi connectivity index (χ2n) is 5.07. The summed E-state index contributed by atoms with van der Waals surface area (Å²) in [6.07, 6.45) is -0.603. The Bertz CT molecular complexity index is 610. The summed E-state index contributed by atoms with van der Waals surface area (Å²) in [6.45, 7) is 3.63. The number of carbonyl (C=O) groups is 1. The number of aromatic amines is 1. The highest BCUT2D eigenvalue weighted by atomic mass is 35.5. The van der Waals surface area contributed by atoms with Crippen LogP contribution in [-0.4, -0.2) is 27.3 Å². The van der Waals surface area contributed by atoms with Crippen molar-refractivity contribution in [3.8, 4) is 0 Å². The van der Waals surface area contributed by atoms with Crippen molar-refractivity contribution in [1.29, 1.82) is 0 Å². The molecule has 0 fully saturated rings.